The van der Waals surface area contributed by atoms with Crippen LogP contribution in [0, 0.1) is 0 Å². The standard InChI is InChI=1S/C29H25N3O5/c33-25-15-20(16-26(34)28(25)36)29(37)30-21-8-4-7-18(13-21)27(35)19-10-11-22-23(31-32-24(22)14-19)12-9-17-5-2-1-3-6-17/h1-15,25-26,28,33-34,36H,16H2,(H,30,37)(H,31,32)/b12-9+/t25-,26-,28-/m1/s1. The lowest BCUT2D eigenvalue weighted by molar-refractivity contribution is -0.114. The van der Waals surface area contributed by atoms with Crippen LogP contribution in [0.3, 0.4) is 0 Å². The molecule has 4 aromatic rings. The molecule has 0 aliphatic heterocycles. The topological polar surface area (TPSA) is 136 Å². The van der Waals surface area contributed by atoms with Gasteiger partial charge < -0.3 is 20.6 Å². The second kappa shape index (κ2) is 10.3. The van der Waals surface area contributed by atoms with Gasteiger partial charge >= 0.3 is 0 Å². The summed E-state index contributed by atoms with van der Waals surface area (Å²) >= 11 is 0. The van der Waals surface area contributed by atoms with Crippen LogP contribution in [0.2, 0.25) is 0 Å². The molecule has 1 aliphatic rings. The first-order valence-electron chi connectivity index (χ1n) is 11.8. The Morgan fingerprint density at radius 3 is 2.49 bits per heavy atom. The molecule has 1 aliphatic carbocycles. The number of aromatic amines is 1. The molecule has 0 saturated carbocycles. The quantitative estimate of drug-likeness (QED) is 0.261. The summed E-state index contributed by atoms with van der Waals surface area (Å²) in [6.07, 6.45) is 1.13. The summed E-state index contributed by atoms with van der Waals surface area (Å²) in [5, 5.41) is 40.2. The van der Waals surface area contributed by atoms with Gasteiger partial charge in [0.05, 0.1) is 17.3 Å². The Balaban J connectivity index is 1.32. The van der Waals surface area contributed by atoms with Crippen LogP contribution in [0.1, 0.15) is 33.6 Å². The maximum atomic E-state index is 13.2. The highest BCUT2D eigenvalue weighted by Crippen LogP contribution is 2.24. The third-order valence-corrected chi connectivity index (χ3v) is 6.31. The molecule has 0 radical (unpaired) electrons. The Morgan fingerprint density at radius 1 is 0.919 bits per heavy atom. The summed E-state index contributed by atoms with van der Waals surface area (Å²) in [6, 6.07) is 21.8. The van der Waals surface area contributed by atoms with Gasteiger partial charge in [-0.15, -0.1) is 0 Å². The van der Waals surface area contributed by atoms with Gasteiger partial charge in [-0.3, -0.25) is 14.7 Å². The van der Waals surface area contributed by atoms with E-state index < -0.39 is 24.2 Å². The lowest BCUT2D eigenvalue weighted by Gasteiger charge is -2.27. The van der Waals surface area contributed by atoms with Crippen LogP contribution in [0.4, 0.5) is 5.69 Å². The molecule has 8 nitrogen and oxygen atoms in total. The number of carbonyl (C=O) groups excluding carboxylic acids is 2. The molecule has 1 amide bonds. The third kappa shape index (κ3) is 5.26. The number of hydrogen-bond donors (Lipinski definition) is 5. The van der Waals surface area contributed by atoms with Crippen molar-refractivity contribution in [2.75, 3.05) is 5.32 Å². The molecule has 5 N–H and O–H groups in total. The number of hydrogen-bond acceptors (Lipinski definition) is 6. The van der Waals surface area contributed by atoms with Gasteiger partial charge in [-0.1, -0.05) is 54.6 Å². The monoisotopic (exact) mass is 495 g/mol. The second-order valence-electron chi connectivity index (χ2n) is 8.92. The Kier molecular flexibility index (Phi) is 6.78. The fraction of sp³-hybridized carbons (Fsp3) is 0.138. The van der Waals surface area contributed by atoms with Gasteiger partial charge in [0.2, 0.25) is 0 Å². The number of carbonyl (C=O) groups is 2. The highest BCUT2D eigenvalue weighted by atomic mass is 16.4. The van der Waals surface area contributed by atoms with Crippen molar-refractivity contribution in [3.8, 4) is 0 Å². The first-order valence-corrected chi connectivity index (χ1v) is 11.8. The van der Waals surface area contributed by atoms with Crippen molar-refractivity contribution < 1.29 is 24.9 Å². The van der Waals surface area contributed by atoms with Crippen LogP contribution in [0.25, 0.3) is 23.1 Å². The zero-order chi connectivity index (χ0) is 25.9. The van der Waals surface area contributed by atoms with Crippen LogP contribution < -0.4 is 5.32 Å². The second-order valence-corrected chi connectivity index (χ2v) is 8.92. The highest BCUT2D eigenvalue weighted by molar-refractivity contribution is 6.12. The van der Waals surface area contributed by atoms with E-state index in [0.717, 1.165) is 22.2 Å². The molecule has 3 atom stereocenters. The summed E-state index contributed by atoms with van der Waals surface area (Å²) < 4.78 is 0. The predicted octanol–water partition coefficient (Wildman–Crippen LogP) is 3.32. The van der Waals surface area contributed by atoms with E-state index in [1.807, 2.05) is 48.6 Å². The van der Waals surface area contributed by atoms with Crippen molar-refractivity contribution in [2.45, 2.75) is 24.7 Å². The summed E-state index contributed by atoms with van der Waals surface area (Å²) in [5.74, 6) is -0.746. The number of anilines is 1. The summed E-state index contributed by atoms with van der Waals surface area (Å²) in [7, 11) is 0. The zero-order valence-electron chi connectivity index (χ0n) is 19.7. The van der Waals surface area contributed by atoms with Gasteiger partial charge in [0.1, 0.15) is 12.2 Å². The number of nitrogens with zero attached hydrogens (tertiary/aromatic N) is 1. The molecule has 0 bridgehead atoms. The molecule has 0 spiro atoms. The van der Waals surface area contributed by atoms with Gasteiger partial charge in [0.15, 0.2) is 5.78 Å². The number of aliphatic hydroxyl groups is 3. The Hall–Kier alpha value is -4.37. The molecular weight excluding hydrogens is 470 g/mol. The van der Waals surface area contributed by atoms with Gasteiger partial charge in [0, 0.05) is 34.2 Å². The van der Waals surface area contributed by atoms with Crippen molar-refractivity contribution in [2.24, 2.45) is 0 Å². The van der Waals surface area contributed by atoms with E-state index in [4.69, 9.17) is 0 Å². The molecule has 37 heavy (non-hydrogen) atoms. The number of aromatic nitrogens is 2. The molecule has 5 rings (SSSR count). The van der Waals surface area contributed by atoms with Crippen LogP contribution in [-0.4, -0.2) is 55.5 Å². The van der Waals surface area contributed by atoms with Crippen LogP contribution >= 0.6 is 0 Å². The van der Waals surface area contributed by atoms with Crippen molar-refractivity contribution in [3.05, 3.63) is 107 Å². The van der Waals surface area contributed by atoms with Gasteiger partial charge in [-0.05, 0) is 42.0 Å². The van der Waals surface area contributed by atoms with Crippen molar-refractivity contribution >= 4 is 40.4 Å². The van der Waals surface area contributed by atoms with Crippen molar-refractivity contribution in [1.29, 1.82) is 0 Å². The average Bonchev–Trinajstić information content (AvgIpc) is 3.32. The van der Waals surface area contributed by atoms with Gasteiger partial charge in [-0.25, -0.2) is 0 Å². The molecule has 3 aromatic carbocycles. The molecular formula is C29H25N3O5. The van der Waals surface area contributed by atoms with Crippen molar-refractivity contribution in [1.82, 2.24) is 10.2 Å². The number of fused-ring (bicyclic) bond motifs is 1. The maximum Gasteiger partial charge on any atom is 0.251 e. The van der Waals surface area contributed by atoms with E-state index in [-0.39, 0.29) is 17.8 Å². The molecule has 8 heteroatoms. The molecule has 0 saturated heterocycles. The van der Waals surface area contributed by atoms with Gasteiger partial charge in [0.25, 0.3) is 5.91 Å². The molecule has 1 aromatic heterocycles. The number of H-pyrrole nitrogens is 1. The van der Waals surface area contributed by atoms with Crippen LogP contribution in [0.15, 0.2) is 84.4 Å². The minimum Gasteiger partial charge on any atom is -0.390 e. The van der Waals surface area contributed by atoms with Crippen LogP contribution in [0.5, 0.6) is 0 Å². The molecule has 0 fully saturated rings. The van der Waals surface area contributed by atoms with Crippen LogP contribution in [-0.2, 0) is 4.79 Å². The Labute approximate surface area is 212 Å². The van der Waals surface area contributed by atoms with Crippen molar-refractivity contribution in [3.63, 3.8) is 0 Å². The molecule has 1 heterocycles. The molecule has 186 valence electrons. The lowest BCUT2D eigenvalue weighted by Crippen LogP contribution is -2.41. The van der Waals surface area contributed by atoms with E-state index in [0.29, 0.717) is 16.8 Å². The van der Waals surface area contributed by atoms with Gasteiger partial charge in [-0.2, -0.15) is 5.10 Å². The van der Waals surface area contributed by atoms with E-state index >= 15 is 0 Å². The first kappa shape index (κ1) is 24.3. The fourth-order valence-corrected chi connectivity index (χ4v) is 4.28. The summed E-state index contributed by atoms with van der Waals surface area (Å²) in [6.45, 7) is 0. The Bertz CT molecular complexity index is 1520. The van der Waals surface area contributed by atoms with E-state index in [9.17, 15) is 24.9 Å². The summed E-state index contributed by atoms with van der Waals surface area (Å²) in [4.78, 5) is 25.8. The number of rotatable bonds is 6. The SMILES string of the molecule is O=C(Nc1cccc(C(=O)c2ccc3c(/C=C/c4ccccc4)n[nH]c3c2)c1)C1=C[C@@H](O)[C@@H](O)[C@H](O)C1. The zero-order valence-corrected chi connectivity index (χ0v) is 19.7. The number of ketones is 1. The highest BCUT2D eigenvalue weighted by Gasteiger charge is 2.31. The number of amides is 1. The maximum absolute atomic E-state index is 13.2. The minimum atomic E-state index is -1.33. The van der Waals surface area contributed by atoms with E-state index in [1.54, 1.807) is 36.4 Å². The normalized spacial score (nSPS) is 19.6. The summed E-state index contributed by atoms with van der Waals surface area (Å²) in [5.41, 5.74) is 3.95. The number of nitrogens with one attached hydrogen (secondary N) is 2. The van der Waals surface area contributed by atoms with E-state index in [1.165, 1.54) is 6.08 Å². The Morgan fingerprint density at radius 2 is 1.70 bits per heavy atom. The molecule has 0 unspecified atom stereocenters. The fourth-order valence-electron chi connectivity index (χ4n) is 4.28. The number of aliphatic hydroxyl groups excluding tert-OH is 3. The average molecular weight is 496 g/mol. The third-order valence-electron chi connectivity index (χ3n) is 6.31. The predicted molar refractivity (Wildman–Crippen MR) is 141 cm³/mol. The lowest BCUT2D eigenvalue weighted by atomic mass is 9.92. The smallest absolute Gasteiger partial charge is 0.251 e. The first-order chi connectivity index (χ1) is 17.9. The largest absolute Gasteiger partial charge is 0.390 e. The van der Waals surface area contributed by atoms with E-state index in [2.05, 4.69) is 15.5 Å². The minimum absolute atomic E-state index is 0.0879. The number of benzene rings is 3.